The minimum absolute atomic E-state index is 0.303. The molecule has 0 aliphatic carbocycles. The molecule has 4 nitrogen and oxygen atoms in total. The third kappa shape index (κ3) is 4.30. The number of carbonyl (C=O) groups is 1. The Morgan fingerprint density at radius 1 is 1.35 bits per heavy atom. The molecule has 1 heterocycles. The molecule has 0 bridgehead atoms. The first-order valence-electron chi connectivity index (χ1n) is 7.05. The summed E-state index contributed by atoms with van der Waals surface area (Å²) in [5.41, 5.74) is 1.74. The van der Waals surface area contributed by atoms with Gasteiger partial charge in [0.15, 0.2) is 0 Å². The van der Waals surface area contributed by atoms with Crippen LogP contribution in [0.1, 0.15) is 19.4 Å². The van der Waals surface area contributed by atoms with Gasteiger partial charge in [0.25, 0.3) is 0 Å². The Kier molecular flexibility index (Phi) is 5.72. The first kappa shape index (κ1) is 17.0. The number of rotatable bonds is 5. The summed E-state index contributed by atoms with van der Waals surface area (Å²) in [6.07, 6.45) is 0. The van der Waals surface area contributed by atoms with Crippen LogP contribution in [0.25, 0.3) is 11.3 Å². The summed E-state index contributed by atoms with van der Waals surface area (Å²) in [4.78, 5) is 16.2. The van der Waals surface area contributed by atoms with Crippen molar-refractivity contribution < 1.29 is 13.9 Å². The molecule has 2 aromatic rings. The molecule has 1 aromatic carbocycles. The van der Waals surface area contributed by atoms with E-state index in [1.54, 1.807) is 38.1 Å². The molecule has 2 rings (SSSR count). The molecule has 23 heavy (non-hydrogen) atoms. The quantitative estimate of drug-likeness (QED) is 0.616. The number of pyridine rings is 1. The molecule has 0 fully saturated rings. The maximum atomic E-state index is 13.0. The van der Waals surface area contributed by atoms with Crippen LogP contribution in [0.4, 0.5) is 4.39 Å². The number of halogens is 1. The van der Waals surface area contributed by atoms with E-state index in [0.717, 1.165) is 5.56 Å². The number of carbonyl (C=O) groups excluding carboxylic acids is 1. The van der Waals surface area contributed by atoms with E-state index in [1.807, 2.05) is 0 Å². The predicted molar refractivity (Wildman–Crippen MR) is 86.3 cm³/mol. The van der Waals surface area contributed by atoms with Crippen molar-refractivity contribution in [2.75, 3.05) is 6.61 Å². The average Bonchev–Trinajstić information content (AvgIpc) is 2.55. The molecular formula is C17H15FN2O2S. The molecule has 0 aliphatic heterocycles. The zero-order valence-corrected chi connectivity index (χ0v) is 13.6. The number of hydrogen-bond donors (Lipinski definition) is 0. The maximum Gasteiger partial charge on any atom is 0.319 e. The van der Waals surface area contributed by atoms with Crippen molar-refractivity contribution in [1.82, 2.24) is 4.98 Å². The molecule has 1 unspecified atom stereocenters. The largest absolute Gasteiger partial charge is 0.465 e. The number of benzene rings is 1. The van der Waals surface area contributed by atoms with Crippen molar-refractivity contribution in [1.29, 1.82) is 5.26 Å². The second-order valence-corrected chi connectivity index (χ2v) is 6.01. The highest BCUT2D eigenvalue weighted by atomic mass is 32.2. The van der Waals surface area contributed by atoms with Gasteiger partial charge in [-0.15, -0.1) is 0 Å². The number of ether oxygens (including phenoxy) is 1. The van der Waals surface area contributed by atoms with Crippen LogP contribution in [0, 0.1) is 17.1 Å². The normalized spacial score (nSPS) is 11.6. The Bertz CT molecular complexity index is 741. The van der Waals surface area contributed by atoms with Gasteiger partial charge in [0, 0.05) is 5.56 Å². The van der Waals surface area contributed by atoms with Crippen molar-refractivity contribution >= 4 is 17.7 Å². The first-order valence-corrected chi connectivity index (χ1v) is 7.93. The fraction of sp³-hybridized carbons (Fsp3) is 0.235. The zero-order valence-electron chi connectivity index (χ0n) is 12.7. The Hall–Kier alpha value is -2.39. The summed E-state index contributed by atoms with van der Waals surface area (Å²) in [6, 6.07) is 11.3. The summed E-state index contributed by atoms with van der Waals surface area (Å²) in [5.74, 6) is -0.677. The van der Waals surface area contributed by atoms with Gasteiger partial charge in [-0.1, -0.05) is 11.8 Å². The van der Waals surface area contributed by atoms with Gasteiger partial charge in [-0.25, -0.2) is 9.37 Å². The monoisotopic (exact) mass is 330 g/mol. The van der Waals surface area contributed by atoms with E-state index >= 15 is 0 Å². The Morgan fingerprint density at radius 2 is 2.04 bits per heavy atom. The topological polar surface area (TPSA) is 63.0 Å². The Morgan fingerprint density at radius 3 is 2.65 bits per heavy atom. The van der Waals surface area contributed by atoms with Gasteiger partial charge in [0.2, 0.25) is 0 Å². The minimum Gasteiger partial charge on any atom is -0.465 e. The number of aromatic nitrogens is 1. The van der Waals surface area contributed by atoms with E-state index < -0.39 is 5.25 Å². The first-order chi connectivity index (χ1) is 11.0. The molecular weight excluding hydrogens is 315 g/mol. The number of nitriles is 1. The number of hydrogen-bond acceptors (Lipinski definition) is 5. The van der Waals surface area contributed by atoms with Crippen LogP contribution in [-0.4, -0.2) is 22.8 Å². The lowest BCUT2D eigenvalue weighted by molar-refractivity contribution is -0.142. The van der Waals surface area contributed by atoms with Crippen molar-refractivity contribution in [3.8, 4) is 17.3 Å². The van der Waals surface area contributed by atoms with Crippen LogP contribution < -0.4 is 0 Å². The molecule has 0 radical (unpaired) electrons. The number of nitrogens with zero attached hydrogens (tertiary/aromatic N) is 2. The van der Waals surface area contributed by atoms with Crippen molar-refractivity contribution in [2.24, 2.45) is 0 Å². The fourth-order valence-corrected chi connectivity index (χ4v) is 2.76. The van der Waals surface area contributed by atoms with Crippen LogP contribution in [0.2, 0.25) is 0 Å². The fourth-order valence-electron chi connectivity index (χ4n) is 1.87. The number of thioether (sulfide) groups is 1. The zero-order chi connectivity index (χ0) is 16.8. The maximum absolute atomic E-state index is 13.0. The lowest BCUT2D eigenvalue weighted by Crippen LogP contribution is -2.17. The molecule has 118 valence electrons. The van der Waals surface area contributed by atoms with E-state index in [-0.39, 0.29) is 11.8 Å². The third-order valence-corrected chi connectivity index (χ3v) is 4.11. The lowest BCUT2D eigenvalue weighted by Gasteiger charge is -2.11. The molecule has 0 spiro atoms. The number of esters is 1. The van der Waals surface area contributed by atoms with Crippen LogP contribution in [0.5, 0.6) is 0 Å². The molecule has 0 saturated carbocycles. The van der Waals surface area contributed by atoms with Gasteiger partial charge in [0.1, 0.15) is 22.2 Å². The lowest BCUT2D eigenvalue weighted by atomic mass is 10.1. The Labute approximate surface area is 138 Å². The summed E-state index contributed by atoms with van der Waals surface area (Å²) >= 11 is 1.17. The molecule has 0 saturated heterocycles. The van der Waals surface area contributed by atoms with Gasteiger partial charge in [-0.05, 0) is 50.2 Å². The van der Waals surface area contributed by atoms with Crippen LogP contribution in [0.15, 0.2) is 41.4 Å². The van der Waals surface area contributed by atoms with Crippen LogP contribution in [-0.2, 0) is 9.53 Å². The van der Waals surface area contributed by atoms with E-state index in [0.29, 0.717) is 22.9 Å². The van der Waals surface area contributed by atoms with Crippen LogP contribution in [0.3, 0.4) is 0 Å². The second kappa shape index (κ2) is 7.75. The van der Waals surface area contributed by atoms with Crippen molar-refractivity contribution in [3.63, 3.8) is 0 Å². The highest BCUT2D eigenvalue weighted by Gasteiger charge is 2.19. The molecule has 1 aromatic heterocycles. The third-order valence-electron chi connectivity index (χ3n) is 3.03. The van der Waals surface area contributed by atoms with Crippen LogP contribution >= 0.6 is 11.8 Å². The second-order valence-electron chi connectivity index (χ2n) is 4.68. The summed E-state index contributed by atoms with van der Waals surface area (Å²) in [7, 11) is 0. The van der Waals surface area contributed by atoms with Gasteiger partial charge in [-0.2, -0.15) is 5.26 Å². The standard InChI is InChI=1S/C17H15FN2O2S/c1-3-22-17(21)11(2)23-16-13(10-19)6-9-15(20-16)12-4-7-14(18)8-5-12/h4-9,11H,3H2,1-2H3. The SMILES string of the molecule is CCOC(=O)C(C)Sc1nc(-c2ccc(F)cc2)ccc1C#N. The van der Waals surface area contributed by atoms with Gasteiger partial charge in [-0.3, -0.25) is 4.79 Å². The minimum atomic E-state index is -0.474. The molecule has 1 atom stereocenters. The van der Waals surface area contributed by atoms with Gasteiger partial charge in [0.05, 0.1) is 17.9 Å². The molecule has 0 aliphatic rings. The summed E-state index contributed by atoms with van der Waals surface area (Å²) in [6.45, 7) is 3.75. The molecule has 6 heteroatoms. The average molecular weight is 330 g/mol. The predicted octanol–water partition coefficient (Wildman–Crippen LogP) is 3.80. The summed E-state index contributed by atoms with van der Waals surface area (Å²) in [5, 5.41) is 9.18. The van der Waals surface area contributed by atoms with E-state index in [4.69, 9.17) is 4.74 Å². The van der Waals surface area contributed by atoms with Gasteiger partial charge < -0.3 is 4.74 Å². The van der Waals surface area contributed by atoms with Crippen molar-refractivity contribution in [3.05, 3.63) is 47.8 Å². The molecule has 0 amide bonds. The Balaban J connectivity index is 2.31. The van der Waals surface area contributed by atoms with E-state index in [1.165, 1.54) is 23.9 Å². The van der Waals surface area contributed by atoms with E-state index in [2.05, 4.69) is 11.1 Å². The summed E-state index contributed by atoms with van der Waals surface area (Å²) < 4.78 is 18.0. The smallest absolute Gasteiger partial charge is 0.319 e. The highest BCUT2D eigenvalue weighted by molar-refractivity contribution is 8.00. The van der Waals surface area contributed by atoms with E-state index in [9.17, 15) is 14.4 Å². The van der Waals surface area contributed by atoms with Gasteiger partial charge >= 0.3 is 5.97 Å². The highest BCUT2D eigenvalue weighted by Crippen LogP contribution is 2.28. The van der Waals surface area contributed by atoms with Crippen molar-refractivity contribution in [2.45, 2.75) is 24.1 Å². The molecule has 0 N–H and O–H groups in total.